The maximum absolute atomic E-state index is 13.8. The van der Waals surface area contributed by atoms with Gasteiger partial charge in [-0.3, -0.25) is 9.36 Å². The molecule has 1 unspecified atom stereocenters. The summed E-state index contributed by atoms with van der Waals surface area (Å²) in [5.41, 5.74) is 6.61. The molecule has 1 aliphatic heterocycles. The number of rotatable bonds is 5. The van der Waals surface area contributed by atoms with Gasteiger partial charge >= 0.3 is 0 Å². The van der Waals surface area contributed by atoms with Crippen LogP contribution in [0.2, 0.25) is 0 Å². The lowest BCUT2D eigenvalue weighted by molar-refractivity contribution is 0.354. The van der Waals surface area contributed by atoms with Gasteiger partial charge in [0.2, 0.25) is 0 Å². The summed E-state index contributed by atoms with van der Waals surface area (Å²) >= 11 is 1.43. The topological polar surface area (TPSA) is 52.8 Å². The van der Waals surface area contributed by atoms with Gasteiger partial charge in [0.1, 0.15) is 0 Å². The first-order valence-corrected chi connectivity index (χ1v) is 13.1. The number of allylic oxidation sites excluding steroid dienone is 2. The molecular weight excluding hydrogens is 480 g/mol. The number of nitrogens with zero attached hydrogens (tertiary/aromatic N) is 2. The van der Waals surface area contributed by atoms with E-state index in [2.05, 4.69) is 24.3 Å². The molecule has 1 aromatic heterocycles. The summed E-state index contributed by atoms with van der Waals surface area (Å²) in [6, 6.07) is 24.1. The summed E-state index contributed by atoms with van der Waals surface area (Å²) < 4.78 is 13.6. The zero-order chi connectivity index (χ0) is 25.4. The van der Waals surface area contributed by atoms with E-state index in [0.717, 1.165) is 40.8 Å². The number of aromatic nitrogens is 1. The molecule has 0 radical (unpaired) electrons. The Hall–Kier alpha value is -4.16. The van der Waals surface area contributed by atoms with Crippen LogP contribution in [-0.4, -0.2) is 18.8 Å². The molecule has 4 aromatic rings. The Labute approximate surface area is 219 Å². The summed E-state index contributed by atoms with van der Waals surface area (Å²) in [4.78, 5) is 19.6. The highest BCUT2D eigenvalue weighted by molar-refractivity contribution is 7.07. The van der Waals surface area contributed by atoms with Gasteiger partial charge in [-0.05, 0) is 53.3 Å². The Morgan fingerprint density at radius 1 is 0.946 bits per heavy atom. The van der Waals surface area contributed by atoms with Crippen LogP contribution >= 0.6 is 11.3 Å². The monoisotopic (exact) mass is 506 g/mol. The van der Waals surface area contributed by atoms with Crippen LogP contribution in [0.15, 0.2) is 94.2 Å². The molecule has 0 bridgehead atoms. The largest absolute Gasteiger partial charge is 0.493 e. The summed E-state index contributed by atoms with van der Waals surface area (Å²) in [6.07, 6.45) is 7.58. The maximum Gasteiger partial charge on any atom is 0.271 e. The minimum atomic E-state index is -0.264. The molecule has 0 fully saturated rings. The molecule has 6 heteroatoms. The lowest BCUT2D eigenvalue weighted by Gasteiger charge is -2.31. The number of aryl methyl sites for hydroxylation is 1. The second kappa shape index (κ2) is 9.71. The molecule has 2 heterocycles. The first-order chi connectivity index (χ1) is 18.2. The maximum atomic E-state index is 13.8. The normalized spacial score (nSPS) is 16.7. The number of ether oxygens (including phenoxy) is 2. The first-order valence-electron chi connectivity index (χ1n) is 12.2. The average molecular weight is 507 g/mol. The van der Waals surface area contributed by atoms with E-state index in [9.17, 15) is 4.79 Å². The predicted octanol–water partition coefficient (Wildman–Crippen LogP) is 5.00. The molecule has 0 spiro atoms. The van der Waals surface area contributed by atoms with Crippen molar-refractivity contribution >= 4 is 29.2 Å². The van der Waals surface area contributed by atoms with Gasteiger partial charge < -0.3 is 9.47 Å². The van der Waals surface area contributed by atoms with Crippen LogP contribution in [0.1, 0.15) is 34.7 Å². The fourth-order valence-electron chi connectivity index (χ4n) is 5.17. The van der Waals surface area contributed by atoms with Crippen LogP contribution in [0.5, 0.6) is 11.5 Å². The van der Waals surface area contributed by atoms with Gasteiger partial charge in [-0.1, -0.05) is 84.2 Å². The van der Waals surface area contributed by atoms with E-state index in [0.29, 0.717) is 20.8 Å². The van der Waals surface area contributed by atoms with Crippen molar-refractivity contribution in [2.75, 3.05) is 14.2 Å². The van der Waals surface area contributed by atoms with Gasteiger partial charge in [-0.2, -0.15) is 0 Å². The fraction of sp³-hybridized carbons (Fsp3) is 0.161. The highest BCUT2D eigenvalue weighted by Gasteiger charge is 2.33. The van der Waals surface area contributed by atoms with E-state index in [4.69, 9.17) is 14.5 Å². The van der Waals surface area contributed by atoms with Gasteiger partial charge in [-0.15, -0.1) is 0 Å². The number of fused-ring (bicyclic) bond motifs is 3. The molecule has 6 rings (SSSR count). The molecule has 37 heavy (non-hydrogen) atoms. The van der Waals surface area contributed by atoms with E-state index in [1.165, 1.54) is 16.9 Å². The van der Waals surface area contributed by atoms with Crippen LogP contribution in [0.25, 0.3) is 17.8 Å². The number of hydrogen-bond acceptors (Lipinski definition) is 5. The van der Waals surface area contributed by atoms with Crippen molar-refractivity contribution < 1.29 is 9.47 Å². The van der Waals surface area contributed by atoms with Crippen molar-refractivity contribution in [3.63, 3.8) is 0 Å². The highest BCUT2D eigenvalue weighted by atomic mass is 32.1. The summed E-state index contributed by atoms with van der Waals surface area (Å²) in [5, 5.41) is 0. The number of hydrogen-bond donors (Lipinski definition) is 0. The van der Waals surface area contributed by atoms with Crippen LogP contribution in [-0.2, 0) is 6.42 Å². The summed E-state index contributed by atoms with van der Waals surface area (Å²) in [7, 11) is 3.26. The van der Waals surface area contributed by atoms with Crippen LogP contribution < -0.4 is 24.4 Å². The second-order valence-corrected chi connectivity index (χ2v) is 10.0. The van der Waals surface area contributed by atoms with E-state index in [1.807, 2.05) is 71.3 Å². The third-order valence-corrected chi connectivity index (χ3v) is 7.93. The van der Waals surface area contributed by atoms with Gasteiger partial charge in [-0.25, -0.2) is 4.99 Å². The Morgan fingerprint density at radius 3 is 2.54 bits per heavy atom. The van der Waals surface area contributed by atoms with E-state index in [-0.39, 0.29) is 11.6 Å². The van der Waals surface area contributed by atoms with Crippen LogP contribution in [0.4, 0.5) is 0 Å². The van der Waals surface area contributed by atoms with Crippen molar-refractivity contribution in [2.24, 2.45) is 4.99 Å². The molecular formula is C31H26N2O3S. The molecule has 5 nitrogen and oxygen atoms in total. The zero-order valence-corrected chi connectivity index (χ0v) is 21.5. The molecule has 1 aliphatic carbocycles. The van der Waals surface area contributed by atoms with Crippen molar-refractivity contribution in [3.05, 3.63) is 126 Å². The van der Waals surface area contributed by atoms with Crippen molar-refractivity contribution in [3.8, 4) is 11.5 Å². The third kappa shape index (κ3) is 4.13. The first kappa shape index (κ1) is 23.3. The number of methoxy groups -OCH3 is 2. The van der Waals surface area contributed by atoms with Crippen molar-refractivity contribution in [2.45, 2.75) is 18.9 Å². The van der Waals surface area contributed by atoms with E-state index < -0.39 is 0 Å². The van der Waals surface area contributed by atoms with Crippen molar-refractivity contribution in [1.29, 1.82) is 0 Å². The lowest BCUT2D eigenvalue weighted by atomic mass is 9.83. The molecule has 0 N–H and O–H groups in total. The Balaban J connectivity index is 1.55. The highest BCUT2D eigenvalue weighted by Crippen LogP contribution is 2.42. The minimum absolute atomic E-state index is 0.0355. The second-order valence-electron chi connectivity index (χ2n) is 9.02. The Bertz CT molecular complexity index is 1730. The van der Waals surface area contributed by atoms with Gasteiger partial charge in [0.05, 0.1) is 30.5 Å². The molecule has 184 valence electrons. The number of thiazole rings is 1. The van der Waals surface area contributed by atoms with Gasteiger partial charge in [0.25, 0.3) is 5.56 Å². The molecule has 0 saturated heterocycles. The summed E-state index contributed by atoms with van der Waals surface area (Å²) in [5.74, 6) is 1.30. The molecule has 0 saturated carbocycles. The average Bonchev–Trinajstić information content (AvgIpc) is 3.26. The van der Waals surface area contributed by atoms with Crippen LogP contribution in [0.3, 0.4) is 0 Å². The zero-order valence-electron chi connectivity index (χ0n) is 20.7. The Morgan fingerprint density at radius 2 is 1.73 bits per heavy atom. The van der Waals surface area contributed by atoms with Crippen molar-refractivity contribution in [1.82, 2.24) is 4.57 Å². The molecule has 3 aromatic carbocycles. The fourth-order valence-corrected chi connectivity index (χ4v) is 6.12. The quantitative estimate of drug-likeness (QED) is 0.383. The minimum Gasteiger partial charge on any atom is -0.493 e. The van der Waals surface area contributed by atoms with Crippen LogP contribution in [0, 0.1) is 0 Å². The molecule has 0 amide bonds. The lowest BCUT2D eigenvalue weighted by Crippen LogP contribution is -2.38. The predicted molar refractivity (Wildman–Crippen MR) is 149 cm³/mol. The molecule has 2 aliphatic rings. The number of benzene rings is 3. The van der Waals surface area contributed by atoms with E-state index in [1.54, 1.807) is 14.2 Å². The summed E-state index contributed by atoms with van der Waals surface area (Å²) in [6.45, 7) is 0. The standard InChI is InChI=1S/C31H26N2O3S/c1-35-25-18-16-22(19-26(25)36-2)29-24-17-15-21-12-6-7-13-23(21)28(24)32-31-33(29)30(34)27(37-31)14-8-11-20-9-4-3-5-10-20/h3-14,16,18-19,29H,15,17H2,1-2H3/b11-8+,27-14?. The molecule has 1 atom stereocenters. The van der Waals surface area contributed by atoms with Gasteiger partial charge in [0, 0.05) is 5.56 Å². The SMILES string of the molecule is COc1ccc(C2C3=C(N=c4sc(=C/C=C/c5ccccc5)c(=O)n42)c2ccccc2CC3)cc1OC. The Kier molecular flexibility index (Phi) is 6.10. The van der Waals surface area contributed by atoms with E-state index >= 15 is 0 Å². The van der Waals surface area contributed by atoms with Gasteiger partial charge in [0.15, 0.2) is 16.3 Å². The smallest absolute Gasteiger partial charge is 0.271 e. The third-order valence-electron chi connectivity index (χ3n) is 6.93.